The van der Waals surface area contributed by atoms with Crippen LogP contribution in [0, 0.1) is 11.6 Å². The summed E-state index contributed by atoms with van der Waals surface area (Å²) in [5.74, 6) is -0.240. The van der Waals surface area contributed by atoms with E-state index in [-0.39, 0.29) is 31.3 Å². The van der Waals surface area contributed by atoms with E-state index in [2.05, 4.69) is 0 Å². The summed E-state index contributed by atoms with van der Waals surface area (Å²) in [7, 11) is 0. The molecule has 0 aliphatic carbocycles. The van der Waals surface area contributed by atoms with Gasteiger partial charge in [-0.05, 0) is 48.0 Å². The smallest absolute Gasteiger partial charge is 0.489 e. The molecule has 0 fully saturated rings. The Morgan fingerprint density at radius 3 is 2.41 bits per heavy atom. The molecule has 4 rings (SSSR count). The number of fused-ring (bicyclic) bond motifs is 1. The Hall–Kier alpha value is -3.91. The Kier molecular flexibility index (Phi) is 6.04. The summed E-state index contributed by atoms with van der Waals surface area (Å²) in [6.07, 6.45) is 0.198. The van der Waals surface area contributed by atoms with Crippen molar-refractivity contribution in [2.75, 3.05) is 0 Å². The number of aliphatic hydroxyl groups is 1. The van der Waals surface area contributed by atoms with Crippen LogP contribution in [-0.2, 0) is 19.8 Å². The highest BCUT2D eigenvalue weighted by Crippen LogP contribution is 2.32. The third kappa shape index (κ3) is 4.55. The fourth-order valence-electron chi connectivity index (χ4n) is 3.57. The van der Waals surface area contributed by atoms with Gasteiger partial charge in [-0.2, -0.15) is 0 Å². The second-order valence-electron chi connectivity index (χ2n) is 7.13. The number of carboxylic acid groups (broad SMARTS) is 1. The largest absolute Gasteiger partial charge is 0.511 e. The van der Waals surface area contributed by atoms with Crippen LogP contribution in [0.15, 0.2) is 66.9 Å². The number of hydrogen-bond acceptors (Lipinski definition) is 4. The lowest BCUT2D eigenvalue weighted by atomic mass is 10.1. The molecule has 32 heavy (non-hydrogen) atoms. The van der Waals surface area contributed by atoms with Crippen LogP contribution in [0.1, 0.15) is 16.7 Å². The molecule has 6 nitrogen and oxygen atoms in total. The van der Waals surface area contributed by atoms with Crippen LogP contribution < -0.4 is 9.47 Å². The van der Waals surface area contributed by atoms with Crippen molar-refractivity contribution in [2.45, 2.75) is 19.8 Å². The van der Waals surface area contributed by atoms with Crippen LogP contribution in [0.4, 0.5) is 13.6 Å². The minimum absolute atomic E-state index is 0.102. The van der Waals surface area contributed by atoms with Gasteiger partial charge in [0.05, 0.1) is 18.7 Å². The number of benzene rings is 3. The van der Waals surface area contributed by atoms with E-state index in [4.69, 9.17) is 14.6 Å². The number of rotatable bonds is 7. The second-order valence-corrected chi connectivity index (χ2v) is 7.13. The molecule has 164 valence electrons. The van der Waals surface area contributed by atoms with Gasteiger partial charge < -0.3 is 24.3 Å². The molecule has 0 aliphatic heterocycles. The highest BCUT2D eigenvalue weighted by atomic mass is 19.1. The number of nitrogens with zero attached hydrogens (tertiary/aromatic N) is 1. The lowest BCUT2D eigenvalue weighted by Crippen LogP contribution is -2.05. The third-order valence-corrected chi connectivity index (χ3v) is 4.98. The lowest BCUT2D eigenvalue weighted by molar-refractivity contribution is 0.145. The lowest BCUT2D eigenvalue weighted by Gasteiger charge is -2.13. The third-order valence-electron chi connectivity index (χ3n) is 4.98. The predicted molar refractivity (Wildman–Crippen MR) is 113 cm³/mol. The maximum absolute atomic E-state index is 14.0. The summed E-state index contributed by atoms with van der Waals surface area (Å²) in [5, 5.41) is 19.2. The Bertz CT molecular complexity index is 1270. The Balaban J connectivity index is 1.67. The number of aromatic nitrogens is 1. The zero-order valence-electron chi connectivity index (χ0n) is 16.8. The molecule has 0 bridgehead atoms. The molecule has 0 saturated carbocycles. The van der Waals surface area contributed by atoms with Crippen molar-refractivity contribution in [3.05, 3.63) is 95.2 Å². The molecule has 0 radical (unpaired) electrons. The van der Waals surface area contributed by atoms with E-state index in [1.807, 2.05) is 0 Å². The van der Waals surface area contributed by atoms with Gasteiger partial charge in [0.25, 0.3) is 0 Å². The summed E-state index contributed by atoms with van der Waals surface area (Å²) in [4.78, 5) is 11.0. The van der Waals surface area contributed by atoms with E-state index >= 15 is 0 Å². The number of halogens is 2. The van der Waals surface area contributed by atoms with Gasteiger partial charge in [0, 0.05) is 22.7 Å². The van der Waals surface area contributed by atoms with Gasteiger partial charge in [-0.15, -0.1) is 0 Å². The van der Waals surface area contributed by atoms with Gasteiger partial charge in [-0.1, -0.05) is 18.2 Å². The number of carbonyl (C=O) groups is 1. The average Bonchev–Trinajstić information content (AvgIpc) is 3.12. The zero-order valence-corrected chi connectivity index (χ0v) is 16.8. The van der Waals surface area contributed by atoms with E-state index < -0.39 is 12.0 Å². The first kappa shape index (κ1) is 21.3. The summed E-state index contributed by atoms with van der Waals surface area (Å²) < 4.78 is 39.6. The van der Waals surface area contributed by atoms with Crippen molar-refractivity contribution >= 4 is 17.1 Å². The van der Waals surface area contributed by atoms with Gasteiger partial charge in [-0.3, -0.25) is 0 Å². The minimum Gasteiger partial charge on any atom is -0.489 e. The molecular formula is C24H19F2NO5. The number of aliphatic hydroxyl groups excluding tert-OH is 1. The van der Waals surface area contributed by atoms with Crippen molar-refractivity contribution in [3.8, 4) is 11.5 Å². The molecule has 0 saturated heterocycles. The quantitative estimate of drug-likeness (QED) is 0.310. The van der Waals surface area contributed by atoms with E-state index in [9.17, 15) is 18.7 Å². The second kappa shape index (κ2) is 9.07. The van der Waals surface area contributed by atoms with E-state index in [1.54, 1.807) is 35.0 Å². The van der Waals surface area contributed by atoms with Crippen LogP contribution in [0.3, 0.4) is 0 Å². The van der Waals surface area contributed by atoms with Gasteiger partial charge in [-0.25, -0.2) is 13.6 Å². The Morgan fingerprint density at radius 1 is 0.938 bits per heavy atom. The van der Waals surface area contributed by atoms with E-state index in [0.29, 0.717) is 27.8 Å². The van der Waals surface area contributed by atoms with Crippen molar-refractivity contribution in [1.82, 2.24) is 4.57 Å². The minimum atomic E-state index is -1.46. The first-order chi connectivity index (χ1) is 15.4. The molecule has 3 aromatic carbocycles. The highest BCUT2D eigenvalue weighted by Gasteiger charge is 2.16. The van der Waals surface area contributed by atoms with Crippen molar-refractivity contribution in [1.29, 1.82) is 0 Å². The molecule has 1 heterocycles. The molecular weight excluding hydrogens is 420 g/mol. The van der Waals surface area contributed by atoms with Crippen LogP contribution in [0.25, 0.3) is 10.9 Å². The monoisotopic (exact) mass is 439 g/mol. The van der Waals surface area contributed by atoms with E-state index in [1.165, 1.54) is 36.4 Å². The van der Waals surface area contributed by atoms with Gasteiger partial charge in [0.15, 0.2) is 0 Å². The molecule has 0 atom stereocenters. The summed E-state index contributed by atoms with van der Waals surface area (Å²) in [6.45, 7) is 0.0356. The topological polar surface area (TPSA) is 80.9 Å². The molecule has 2 N–H and O–H groups in total. The normalized spacial score (nSPS) is 11.0. The fraction of sp³-hybridized carbons (Fsp3) is 0.125. The number of ether oxygens (including phenoxy) is 2. The van der Waals surface area contributed by atoms with Crippen LogP contribution in [0.5, 0.6) is 11.5 Å². The summed E-state index contributed by atoms with van der Waals surface area (Å²) in [5.41, 5.74) is 2.38. The fourth-order valence-corrected chi connectivity index (χ4v) is 3.57. The first-order valence-electron chi connectivity index (χ1n) is 9.72. The Labute approximate surface area is 181 Å². The molecule has 4 aromatic rings. The van der Waals surface area contributed by atoms with E-state index in [0.717, 1.165) is 5.56 Å². The van der Waals surface area contributed by atoms with Crippen molar-refractivity contribution < 1.29 is 33.3 Å². The highest BCUT2D eigenvalue weighted by molar-refractivity contribution is 5.91. The molecule has 1 aromatic heterocycles. The Morgan fingerprint density at radius 2 is 1.69 bits per heavy atom. The SMILES string of the molecule is O=C(O)Oc1cccc2c1c(CO)cn2Cc1cc(F)ccc1OCc1ccc(F)cc1. The number of hydrogen-bond donors (Lipinski definition) is 2. The standard InChI is InChI=1S/C24H19F2NO5/c25-18-6-4-15(5-7-18)14-31-21-9-8-19(26)10-16(21)11-27-12-17(13-28)23-20(27)2-1-3-22(23)32-24(29)30/h1-10,12,28H,11,13-14H2,(H,29,30). The van der Waals surface area contributed by atoms with Crippen LogP contribution in [-0.4, -0.2) is 20.9 Å². The zero-order chi connectivity index (χ0) is 22.7. The first-order valence-corrected chi connectivity index (χ1v) is 9.72. The van der Waals surface area contributed by atoms with Crippen LogP contribution in [0.2, 0.25) is 0 Å². The van der Waals surface area contributed by atoms with Gasteiger partial charge >= 0.3 is 6.16 Å². The molecule has 0 spiro atoms. The maximum Gasteiger partial charge on any atom is 0.511 e. The summed E-state index contributed by atoms with van der Waals surface area (Å²) in [6, 6.07) is 14.9. The van der Waals surface area contributed by atoms with Crippen LogP contribution >= 0.6 is 0 Å². The maximum atomic E-state index is 14.0. The molecule has 0 amide bonds. The molecule has 0 unspecified atom stereocenters. The van der Waals surface area contributed by atoms with Crippen molar-refractivity contribution in [2.24, 2.45) is 0 Å². The van der Waals surface area contributed by atoms with Crippen molar-refractivity contribution in [3.63, 3.8) is 0 Å². The predicted octanol–water partition coefficient (Wildman–Crippen LogP) is 5.10. The molecule has 8 heteroatoms. The van der Waals surface area contributed by atoms with Gasteiger partial charge in [0.1, 0.15) is 29.7 Å². The summed E-state index contributed by atoms with van der Waals surface area (Å²) >= 11 is 0. The van der Waals surface area contributed by atoms with Gasteiger partial charge in [0.2, 0.25) is 0 Å². The molecule has 0 aliphatic rings. The average molecular weight is 439 g/mol.